The van der Waals surface area contributed by atoms with Crippen LogP contribution in [0.3, 0.4) is 0 Å². The summed E-state index contributed by atoms with van der Waals surface area (Å²) in [6.45, 7) is 6.32. The highest BCUT2D eigenvalue weighted by Crippen LogP contribution is 2.14. The van der Waals surface area contributed by atoms with Crippen LogP contribution in [0.2, 0.25) is 5.28 Å². The minimum absolute atomic E-state index is 0.135. The number of rotatable bonds is 2. The Morgan fingerprint density at radius 3 is 2.75 bits per heavy atom. The van der Waals surface area contributed by atoms with E-state index in [0.717, 1.165) is 0 Å². The first-order chi connectivity index (χ1) is 7.56. The molecule has 2 rings (SSSR count). The molecule has 2 aromatic heterocycles. The molecule has 0 N–H and O–H groups in total. The maximum atomic E-state index is 12.0. The molecule has 6 heteroatoms. The molecule has 0 unspecified atom stereocenters. The van der Waals surface area contributed by atoms with E-state index in [1.807, 2.05) is 20.8 Å². The summed E-state index contributed by atoms with van der Waals surface area (Å²) >= 11 is 5.95. The maximum Gasteiger partial charge on any atom is 0.265 e. The van der Waals surface area contributed by atoms with Crippen LogP contribution in [0.15, 0.2) is 11.0 Å². The van der Waals surface area contributed by atoms with Crippen LogP contribution in [-0.2, 0) is 6.54 Å². The van der Waals surface area contributed by atoms with Crippen molar-refractivity contribution in [3.05, 3.63) is 21.8 Å². The van der Waals surface area contributed by atoms with E-state index in [9.17, 15) is 4.79 Å². The van der Waals surface area contributed by atoms with Gasteiger partial charge < -0.3 is 0 Å². The molecule has 86 valence electrons. The molecular formula is C10H13ClN4O. The number of halogens is 1. The van der Waals surface area contributed by atoms with Crippen molar-refractivity contribution in [1.82, 2.24) is 19.3 Å². The fourth-order valence-electron chi connectivity index (χ4n) is 1.65. The van der Waals surface area contributed by atoms with Gasteiger partial charge in [-0.2, -0.15) is 10.1 Å². The van der Waals surface area contributed by atoms with E-state index in [-0.39, 0.29) is 16.9 Å². The summed E-state index contributed by atoms with van der Waals surface area (Å²) in [5, 5.41) is 4.88. The average molecular weight is 241 g/mol. The van der Waals surface area contributed by atoms with E-state index >= 15 is 0 Å². The molecule has 0 saturated carbocycles. The van der Waals surface area contributed by atoms with Crippen molar-refractivity contribution in [2.45, 2.75) is 33.4 Å². The molecular weight excluding hydrogens is 228 g/mol. The monoisotopic (exact) mass is 240 g/mol. The second-order valence-electron chi connectivity index (χ2n) is 3.85. The van der Waals surface area contributed by atoms with Gasteiger partial charge in [-0.1, -0.05) is 0 Å². The Kier molecular flexibility index (Phi) is 2.71. The normalized spacial score (nSPS) is 11.6. The van der Waals surface area contributed by atoms with Gasteiger partial charge in [-0.25, -0.2) is 4.68 Å². The van der Waals surface area contributed by atoms with E-state index in [1.165, 1.54) is 4.57 Å². The smallest absolute Gasteiger partial charge is 0.265 e. The molecule has 0 aliphatic carbocycles. The molecule has 0 aromatic carbocycles. The first-order valence-electron chi connectivity index (χ1n) is 5.19. The molecule has 5 nitrogen and oxygen atoms in total. The van der Waals surface area contributed by atoms with E-state index in [4.69, 9.17) is 11.6 Å². The standard InChI is InChI=1S/C10H13ClN4O/c1-4-14-9(16)7-5-12-15(6(2)3)8(7)13-10(14)11/h5-6H,4H2,1-3H3. The SMILES string of the molecule is CCn1c(Cl)nc2c(cnn2C(C)C)c1=O. The fraction of sp³-hybridized carbons (Fsp3) is 0.500. The quantitative estimate of drug-likeness (QED) is 0.753. The zero-order chi connectivity index (χ0) is 11.9. The molecule has 2 heterocycles. The average Bonchev–Trinajstić information content (AvgIpc) is 2.62. The molecule has 0 atom stereocenters. The molecule has 0 fully saturated rings. The summed E-state index contributed by atoms with van der Waals surface area (Å²) in [5.41, 5.74) is 0.416. The van der Waals surface area contributed by atoms with Crippen molar-refractivity contribution >= 4 is 22.6 Å². The Balaban J connectivity index is 2.84. The lowest BCUT2D eigenvalue weighted by atomic mass is 10.4. The fourth-order valence-corrected chi connectivity index (χ4v) is 1.92. The van der Waals surface area contributed by atoms with Gasteiger partial charge in [-0.05, 0) is 32.4 Å². The zero-order valence-corrected chi connectivity index (χ0v) is 10.2. The van der Waals surface area contributed by atoms with Crippen molar-refractivity contribution in [1.29, 1.82) is 0 Å². The number of aromatic nitrogens is 4. The van der Waals surface area contributed by atoms with Crippen LogP contribution in [0, 0.1) is 0 Å². The van der Waals surface area contributed by atoms with Crippen molar-refractivity contribution in [3.8, 4) is 0 Å². The van der Waals surface area contributed by atoms with Crippen LogP contribution >= 0.6 is 11.6 Å². The lowest BCUT2D eigenvalue weighted by molar-refractivity contribution is 0.545. The highest BCUT2D eigenvalue weighted by atomic mass is 35.5. The highest BCUT2D eigenvalue weighted by molar-refractivity contribution is 6.28. The van der Waals surface area contributed by atoms with Gasteiger partial charge in [-0.3, -0.25) is 9.36 Å². The highest BCUT2D eigenvalue weighted by Gasteiger charge is 2.14. The Morgan fingerprint density at radius 2 is 2.19 bits per heavy atom. The van der Waals surface area contributed by atoms with Crippen LogP contribution in [-0.4, -0.2) is 19.3 Å². The molecule has 0 spiro atoms. The molecule has 0 radical (unpaired) electrons. The van der Waals surface area contributed by atoms with Crippen LogP contribution in [0.5, 0.6) is 0 Å². The maximum absolute atomic E-state index is 12.0. The Labute approximate surface area is 97.7 Å². The predicted molar refractivity (Wildman–Crippen MR) is 62.9 cm³/mol. The summed E-state index contributed by atoms with van der Waals surface area (Å²) in [6.07, 6.45) is 1.55. The molecule has 0 aliphatic rings. The van der Waals surface area contributed by atoms with Crippen LogP contribution in [0.1, 0.15) is 26.8 Å². The third kappa shape index (κ3) is 1.51. The van der Waals surface area contributed by atoms with E-state index in [1.54, 1.807) is 10.9 Å². The lowest BCUT2D eigenvalue weighted by Gasteiger charge is -2.08. The minimum atomic E-state index is -0.135. The first kappa shape index (κ1) is 11.1. The van der Waals surface area contributed by atoms with Gasteiger partial charge in [0.25, 0.3) is 5.56 Å². The topological polar surface area (TPSA) is 52.7 Å². The summed E-state index contributed by atoms with van der Waals surface area (Å²) in [5.74, 6) is 0. The summed E-state index contributed by atoms with van der Waals surface area (Å²) in [4.78, 5) is 16.2. The molecule has 0 aliphatic heterocycles. The van der Waals surface area contributed by atoms with E-state index in [0.29, 0.717) is 17.6 Å². The largest absolute Gasteiger partial charge is 0.283 e. The van der Waals surface area contributed by atoms with Gasteiger partial charge in [-0.15, -0.1) is 0 Å². The summed E-state index contributed by atoms with van der Waals surface area (Å²) in [7, 11) is 0. The Hall–Kier alpha value is -1.36. The van der Waals surface area contributed by atoms with Crippen LogP contribution < -0.4 is 5.56 Å². The van der Waals surface area contributed by atoms with Crippen molar-refractivity contribution in [2.75, 3.05) is 0 Å². The first-order valence-corrected chi connectivity index (χ1v) is 5.57. The second-order valence-corrected chi connectivity index (χ2v) is 4.19. The molecule has 16 heavy (non-hydrogen) atoms. The molecule has 2 aromatic rings. The second kappa shape index (κ2) is 3.90. The van der Waals surface area contributed by atoms with Crippen molar-refractivity contribution in [2.24, 2.45) is 0 Å². The van der Waals surface area contributed by atoms with E-state index in [2.05, 4.69) is 10.1 Å². The third-order valence-corrected chi connectivity index (χ3v) is 2.76. The van der Waals surface area contributed by atoms with Crippen LogP contribution in [0.4, 0.5) is 0 Å². The van der Waals surface area contributed by atoms with Crippen LogP contribution in [0.25, 0.3) is 11.0 Å². The van der Waals surface area contributed by atoms with Gasteiger partial charge in [0.2, 0.25) is 5.28 Å². The van der Waals surface area contributed by atoms with Gasteiger partial charge >= 0.3 is 0 Å². The Morgan fingerprint density at radius 1 is 1.50 bits per heavy atom. The summed E-state index contributed by atoms with van der Waals surface area (Å²) < 4.78 is 3.12. The van der Waals surface area contributed by atoms with Gasteiger partial charge in [0, 0.05) is 12.6 Å². The lowest BCUT2D eigenvalue weighted by Crippen LogP contribution is -2.21. The molecule has 0 saturated heterocycles. The molecule has 0 bridgehead atoms. The number of hydrogen-bond acceptors (Lipinski definition) is 3. The minimum Gasteiger partial charge on any atom is -0.283 e. The number of hydrogen-bond donors (Lipinski definition) is 0. The summed E-state index contributed by atoms with van der Waals surface area (Å²) in [6, 6.07) is 0.151. The number of fused-ring (bicyclic) bond motifs is 1. The molecule has 0 amide bonds. The van der Waals surface area contributed by atoms with Gasteiger partial charge in [0.05, 0.1) is 6.20 Å². The van der Waals surface area contributed by atoms with Gasteiger partial charge in [0.1, 0.15) is 5.39 Å². The predicted octanol–water partition coefficient (Wildman–Crippen LogP) is 1.85. The third-order valence-electron chi connectivity index (χ3n) is 2.47. The van der Waals surface area contributed by atoms with E-state index < -0.39 is 0 Å². The number of nitrogens with zero attached hydrogens (tertiary/aromatic N) is 4. The Bertz CT molecular complexity index is 584. The van der Waals surface area contributed by atoms with Crippen molar-refractivity contribution < 1.29 is 0 Å². The van der Waals surface area contributed by atoms with Crippen molar-refractivity contribution in [3.63, 3.8) is 0 Å². The zero-order valence-electron chi connectivity index (χ0n) is 9.44. The van der Waals surface area contributed by atoms with Gasteiger partial charge in [0.15, 0.2) is 5.65 Å².